The molecule has 2 atom stereocenters. The van der Waals surface area contributed by atoms with Crippen LogP contribution >= 0.6 is 0 Å². The van der Waals surface area contributed by atoms with Crippen molar-refractivity contribution in [2.24, 2.45) is 0 Å². The summed E-state index contributed by atoms with van der Waals surface area (Å²) in [6, 6.07) is 36.6. The maximum atomic E-state index is 6.53. The van der Waals surface area contributed by atoms with Crippen molar-refractivity contribution >= 4 is 31.0 Å². The normalized spacial score (nSPS) is 23.2. The number of ether oxygens (including phenoxy) is 1. The van der Waals surface area contributed by atoms with Crippen LogP contribution in [0, 0.1) is 0 Å². The molecular weight excluding hydrogens is 700 g/mol. The van der Waals surface area contributed by atoms with Crippen LogP contribution in [-0.2, 0) is 29.7 Å². The van der Waals surface area contributed by atoms with E-state index in [1.807, 2.05) is 0 Å². The number of rotatable bonds is 0. The third kappa shape index (κ3) is 3.53. The second kappa shape index (κ2) is 9.15. The quantitative estimate of drug-likeness (QED) is 0.187. The molecule has 4 aromatic carbocycles. The van der Waals surface area contributed by atoms with Gasteiger partial charge in [0.15, 0.2) is 0 Å². The van der Waals surface area contributed by atoms with E-state index < -0.39 is 17.6 Å². The molecule has 6 bridgehead atoms. The molecule has 0 N–H and O–H groups in total. The average molecular weight is 734 g/mol. The second-order valence-electron chi connectivity index (χ2n) is 12.5. The second-order valence-corrected chi connectivity index (χ2v) is 15.1. The fourth-order valence-electron chi connectivity index (χ4n) is 7.64. The van der Waals surface area contributed by atoms with Crippen LogP contribution in [0.1, 0.15) is 50.7 Å². The minimum atomic E-state index is -0.574. The zero-order valence-corrected chi connectivity index (χ0v) is 26.2. The third-order valence-electron chi connectivity index (χ3n) is 9.63. The van der Waals surface area contributed by atoms with Gasteiger partial charge in [-0.3, -0.25) is 0 Å². The first-order valence-corrected chi connectivity index (χ1v) is 17.4. The molecule has 4 aromatic rings. The first kappa shape index (κ1) is 24.9. The van der Waals surface area contributed by atoms with Crippen LogP contribution in [-0.4, -0.2) is 20.4 Å². The minimum absolute atomic E-state index is 0.276. The summed E-state index contributed by atoms with van der Waals surface area (Å²) in [5.41, 5.74) is 7.70. The number of anilines is 4. The van der Waals surface area contributed by atoms with Gasteiger partial charge < -0.3 is 0 Å². The van der Waals surface area contributed by atoms with E-state index in [4.69, 9.17) is 4.74 Å². The zero-order valence-electron chi connectivity index (χ0n) is 23.9. The van der Waals surface area contributed by atoms with E-state index in [9.17, 15) is 0 Å². The molecule has 6 heteroatoms. The molecule has 0 radical (unpaired) electrons. The van der Waals surface area contributed by atoms with Crippen LogP contribution in [0.4, 0.5) is 22.7 Å². The van der Waals surface area contributed by atoms with Crippen LogP contribution in [0.3, 0.4) is 0 Å². The predicted molar refractivity (Wildman–Crippen MR) is 169 cm³/mol. The van der Waals surface area contributed by atoms with Gasteiger partial charge in [0, 0.05) is 0 Å². The number of fused-ring (bicyclic) bond motifs is 13. The Bertz CT molecular complexity index is 1820. The summed E-state index contributed by atoms with van der Waals surface area (Å²) >= 11 is -0.574. The van der Waals surface area contributed by atoms with Crippen LogP contribution < -0.4 is 24.3 Å². The molecule has 9 rings (SSSR count). The SMILES string of the molecule is CC1(C)c2cccc(c2)Oc2cccc(c2)CN2[C]3=[Pt]=[C]4N(c5ccccc5N41)C1CCCCC1N3c1ccccc12. The molecule has 42 heavy (non-hydrogen) atoms. The first-order chi connectivity index (χ1) is 20.6. The summed E-state index contributed by atoms with van der Waals surface area (Å²) in [6.45, 7) is 5.62. The number of hydrogen-bond donors (Lipinski definition) is 0. The Morgan fingerprint density at radius 1 is 0.667 bits per heavy atom. The molecule has 1 saturated carbocycles. The summed E-state index contributed by atoms with van der Waals surface area (Å²) in [5, 5.41) is 0. The summed E-state index contributed by atoms with van der Waals surface area (Å²) in [5.74, 6) is 1.78. The molecule has 1 aliphatic carbocycles. The Morgan fingerprint density at radius 3 is 2.05 bits per heavy atom. The standard InChI is InChI=1S/C36H34N4O.Pt/c1-36(2)27-12-10-14-29(22-27)41-28-13-9-11-26(21-28)23-37-24-38(31-16-4-3-15-30(31)37)32-17-5-6-18-33(32)39-25-40(36)35-20-8-7-19-34(35)39;/h3-4,7-16,19-22,32-33H,5-6,17-18,23H2,1-2H3;. The van der Waals surface area contributed by atoms with Gasteiger partial charge in [-0.25, -0.2) is 0 Å². The molecular formula is C36H34N4OPt. The van der Waals surface area contributed by atoms with Crippen molar-refractivity contribution in [1.82, 2.24) is 0 Å². The van der Waals surface area contributed by atoms with Gasteiger partial charge in [0.05, 0.1) is 0 Å². The van der Waals surface area contributed by atoms with Crippen LogP contribution in [0.15, 0.2) is 97.1 Å². The van der Waals surface area contributed by atoms with E-state index in [1.165, 1.54) is 67.9 Å². The molecule has 4 heterocycles. The monoisotopic (exact) mass is 733 g/mol. The van der Waals surface area contributed by atoms with Gasteiger partial charge in [0.1, 0.15) is 0 Å². The van der Waals surface area contributed by atoms with Gasteiger partial charge in [0.2, 0.25) is 0 Å². The molecule has 0 spiro atoms. The van der Waals surface area contributed by atoms with Crippen molar-refractivity contribution in [3.05, 3.63) is 108 Å². The number of nitrogens with zero attached hydrogens (tertiary/aromatic N) is 4. The molecule has 0 amide bonds. The molecule has 5 aliphatic rings. The zero-order chi connectivity index (χ0) is 28.0. The Morgan fingerprint density at radius 2 is 1.29 bits per heavy atom. The van der Waals surface area contributed by atoms with E-state index in [2.05, 4.69) is 131 Å². The van der Waals surface area contributed by atoms with E-state index in [-0.39, 0.29) is 5.54 Å². The van der Waals surface area contributed by atoms with Gasteiger partial charge in [-0.05, 0) is 0 Å². The fraction of sp³-hybridized carbons (Fsp3) is 0.278. The molecule has 4 aliphatic heterocycles. The van der Waals surface area contributed by atoms with Crippen molar-refractivity contribution < 1.29 is 22.4 Å². The molecule has 214 valence electrons. The first-order valence-electron chi connectivity index (χ1n) is 15.1. The van der Waals surface area contributed by atoms with Crippen molar-refractivity contribution in [2.75, 3.05) is 19.6 Å². The van der Waals surface area contributed by atoms with Gasteiger partial charge in [-0.15, -0.1) is 0 Å². The Labute approximate surface area is 255 Å². The van der Waals surface area contributed by atoms with Gasteiger partial charge >= 0.3 is 256 Å². The Hall–Kier alpha value is -3.69. The van der Waals surface area contributed by atoms with E-state index in [0.29, 0.717) is 12.1 Å². The van der Waals surface area contributed by atoms with Crippen molar-refractivity contribution in [3.8, 4) is 11.5 Å². The van der Waals surface area contributed by atoms with Crippen LogP contribution in [0.2, 0.25) is 0 Å². The van der Waals surface area contributed by atoms with Crippen molar-refractivity contribution in [2.45, 2.75) is 63.7 Å². The Kier molecular flexibility index (Phi) is 5.42. The van der Waals surface area contributed by atoms with Crippen LogP contribution in [0.5, 0.6) is 11.5 Å². The fourth-order valence-corrected chi connectivity index (χ4v) is 11.9. The van der Waals surface area contributed by atoms with Gasteiger partial charge in [0.25, 0.3) is 0 Å². The predicted octanol–water partition coefficient (Wildman–Crippen LogP) is 7.46. The van der Waals surface area contributed by atoms with Crippen molar-refractivity contribution in [1.29, 1.82) is 0 Å². The molecule has 1 fully saturated rings. The summed E-state index contributed by atoms with van der Waals surface area (Å²) in [7, 11) is 0. The maximum absolute atomic E-state index is 6.53. The third-order valence-corrected chi connectivity index (χ3v) is 12.9. The van der Waals surface area contributed by atoms with E-state index in [0.717, 1.165) is 18.0 Å². The topological polar surface area (TPSA) is 22.2 Å². The molecule has 5 nitrogen and oxygen atoms in total. The molecule has 0 aromatic heterocycles. The average Bonchev–Trinajstić information content (AvgIpc) is 3.44. The van der Waals surface area contributed by atoms with Gasteiger partial charge in [-0.2, -0.15) is 0 Å². The van der Waals surface area contributed by atoms with Crippen molar-refractivity contribution in [3.63, 3.8) is 0 Å². The van der Waals surface area contributed by atoms with Gasteiger partial charge in [-0.1, -0.05) is 0 Å². The van der Waals surface area contributed by atoms with E-state index in [1.54, 1.807) is 0 Å². The Balaban J connectivity index is 1.38. The molecule has 0 saturated heterocycles. The summed E-state index contributed by atoms with van der Waals surface area (Å²) in [4.78, 5) is 10.9. The number of hydrogen-bond acceptors (Lipinski definition) is 5. The number of para-hydroxylation sites is 4. The van der Waals surface area contributed by atoms with Crippen LogP contribution in [0.25, 0.3) is 0 Å². The number of benzene rings is 4. The molecule has 2 unspecified atom stereocenters. The summed E-state index contributed by atoms with van der Waals surface area (Å²) in [6.07, 6.45) is 5.02. The van der Waals surface area contributed by atoms with E-state index >= 15 is 0 Å². The summed E-state index contributed by atoms with van der Waals surface area (Å²) < 4.78 is 9.54.